The molecule has 0 saturated heterocycles. The maximum atomic E-state index is 9.86. The number of furan rings is 1. The number of aliphatic hydroxyl groups is 1. The Kier molecular flexibility index (Phi) is 4.65. The van der Waals surface area contributed by atoms with Gasteiger partial charge in [0.05, 0.1) is 0 Å². The van der Waals surface area contributed by atoms with E-state index in [-0.39, 0.29) is 5.92 Å². The predicted molar refractivity (Wildman–Crippen MR) is 57.0 cm³/mol. The molecule has 0 spiro atoms. The van der Waals surface area contributed by atoms with Crippen LogP contribution in [0.5, 0.6) is 0 Å². The molecule has 4 heteroatoms. The highest BCUT2D eigenvalue weighted by Crippen LogP contribution is 2.27. The Balaban J connectivity index is 2.51. The average molecular weight is 263 g/mol. The van der Waals surface area contributed by atoms with E-state index in [9.17, 15) is 5.11 Å². The van der Waals surface area contributed by atoms with E-state index >= 15 is 0 Å². The Hall–Kier alpha value is -0.320. The first-order valence-electron chi connectivity index (χ1n) is 4.57. The number of hydrogen-bond donors (Lipinski definition) is 1. The molecular weight excluding hydrogens is 248 g/mol. The molecule has 0 radical (unpaired) electrons. The summed E-state index contributed by atoms with van der Waals surface area (Å²) in [4.78, 5) is 0. The summed E-state index contributed by atoms with van der Waals surface area (Å²) in [6, 6.07) is 3.56. The molecule has 1 aromatic heterocycles. The fraction of sp³-hybridized carbons (Fsp3) is 0.600. The van der Waals surface area contributed by atoms with Crippen molar-refractivity contribution in [2.75, 3.05) is 13.7 Å². The van der Waals surface area contributed by atoms with Gasteiger partial charge in [-0.2, -0.15) is 0 Å². The third kappa shape index (κ3) is 3.12. The second-order valence-electron chi connectivity index (χ2n) is 3.35. The van der Waals surface area contributed by atoms with Gasteiger partial charge in [-0.15, -0.1) is 0 Å². The van der Waals surface area contributed by atoms with Gasteiger partial charge in [-0.05, 0) is 40.4 Å². The van der Waals surface area contributed by atoms with E-state index in [1.54, 1.807) is 19.2 Å². The topological polar surface area (TPSA) is 42.6 Å². The lowest BCUT2D eigenvalue weighted by molar-refractivity contribution is 0.0708. The molecule has 14 heavy (non-hydrogen) atoms. The smallest absolute Gasteiger partial charge is 0.169 e. The van der Waals surface area contributed by atoms with Crippen LogP contribution in [-0.2, 0) is 4.74 Å². The van der Waals surface area contributed by atoms with Gasteiger partial charge in [0.25, 0.3) is 0 Å². The molecule has 3 nitrogen and oxygen atoms in total. The maximum Gasteiger partial charge on any atom is 0.169 e. The van der Waals surface area contributed by atoms with Gasteiger partial charge in [-0.3, -0.25) is 0 Å². The molecule has 0 bridgehead atoms. The molecular formula is C10H15BrO3. The van der Waals surface area contributed by atoms with Crippen molar-refractivity contribution in [3.63, 3.8) is 0 Å². The average Bonchev–Trinajstić information content (AvgIpc) is 2.60. The van der Waals surface area contributed by atoms with Gasteiger partial charge in [-0.1, -0.05) is 6.92 Å². The van der Waals surface area contributed by atoms with Crippen LogP contribution >= 0.6 is 15.9 Å². The molecule has 0 aliphatic heterocycles. The number of hydrogen-bond acceptors (Lipinski definition) is 3. The van der Waals surface area contributed by atoms with Gasteiger partial charge in [0.1, 0.15) is 11.9 Å². The van der Waals surface area contributed by atoms with E-state index < -0.39 is 6.10 Å². The van der Waals surface area contributed by atoms with Gasteiger partial charge in [0.15, 0.2) is 4.67 Å². The summed E-state index contributed by atoms with van der Waals surface area (Å²) in [5, 5.41) is 9.86. The summed E-state index contributed by atoms with van der Waals surface area (Å²) in [5.74, 6) is 0.730. The van der Waals surface area contributed by atoms with Crippen molar-refractivity contribution in [3.05, 3.63) is 22.6 Å². The molecule has 80 valence electrons. The Bertz CT molecular complexity index is 272. The van der Waals surface area contributed by atoms with Crippen LogP contribution in [0.2, 0.25) is 0 Å². The van der Waals surface area contributed by atoms with Crippen LogP contribution in [0.4, 0.5) is 0 Å². The van der Waals surface area contributed by atoms with Crippen LogP contribution < -0.4 is 0 Å². The van der Waals surface area contributed by atoms with E-state index in [2.05, 4.69) is 15.9 Å². The van der Waals surface area contributed by atoms with Crippen LogP contribution in [0.3, 0.4) is 0 Å². The monoisotopic (exact) mass is 262 g/mol. The van der Waals surface area contributed by atoms with Crippen molar-refractivity contribution < 1.29 is 14.3 Å². The highest BCUT2D eigenvalue weighted by atomic mass is 79.9. The Labute approximate surface area is 92.2 Å². The van der Waals surface area contributed by atoms with Crippen LogP contribution in [0.1, 0.15) is 25.2 Å². The molecule has 0 aliphatic carbocycles. The molecule has 0 aromatic carbocycles. The second-order valence-corrected chi connectivity index (χ2v) is 4.13. The minimum atomic E-state index is -0.559. The maximum absolute atomic E-state index is 9.86. The first kappa shape index (κ1) is 11.8. The standard InChI is InChI=1S/C10H15BrO3/c1-7(5-6-13-2)10(12)8-3-4-9(11)14-8/h3-4,7,10,12H,5-6H2,1-2H3. The summed E-state index contributed by atoms with van der Waals surface area (Å²) >= 11 is 3.20. The predicted octanol–water partition coefficient (Wildman–Crippen LogP) is 2.75. The minimum Gasteiger partial charge on any atom is -0.452 e. The summed E-state index contributed by atoms with van der Waals surface area (Å²) in [7, 11) is 1.66. The van der Waals surface area contributed by atoms with Crippen LogP contribution in [0.15, 0.2) is 21.2 Å². The van der Waals surface area contributed by atoms with Crippen LogP contribution in [-0.4, -0.2) is 18.8 Å². The van der Waals surface area contributed by atoms with E-state index in [1.165, 1.54) is 0 Å². The van der Waals surface area contributed by atoms with E-state index in [0.717, 1.165) is 6.42 Å². The third-order valence-electron chi connectivity index (χ3n) is 2.20. The van der Waals surface area contributed by atoms with Gasteiger partial charge in [-0.25, -0.2) is 0 Å². The van der Waals surface area contributed by atoms with Crippen molar-refractivity contribution in [1.29, 1.82) is 0 Å². The Morgan fingerprint density at radius 2 is 2.29 bits per heavy atom. The SMILES string of the molecule is COCCC(C)C(O)c1ccc(Br)o1. The van der Waals surface area contributed by atoms with Gasteiger partial charge >= 0.3 is 0 Å². The lowest BCUT2D eigenvalue weighted by Gasteiger charge is -2.15. The highest BCUT2D eigenvalue weighted by Gasteiger charge is 2.19. The zero-order valence-corrected chi connectivity index (χ0v) is 9.95. The van der Waals surface area contributed by atoms with Crippen molar-refractivity contribution in [2.24, 2.45) is 5.92 Å². The Morgan fingerprint density at radius 1 is 1.57 bits per heavy atom. The first-order chi connectivity index (χ1) is 6.65. The van der Waals surface area contributed by atoms with Gasteiger partial charge < -0.3 is 14.3 Å². The zero-order valence-electron chi connectivity index (χ0n) is 8.37. The quantitative estimate of drug-likeness (QED) is 0.888. The Morgan fingerprint density at radius 3 is 2.79 bits per heavy atom. The molecule has 2 unspecified atom stereocenters. The summed E-state index contributed by atoms with van der Waals surface area (Å²) < 4.78 is 10.9. The number of ether oxygens (including phenoxy) is 1. The molecule has 1 heterocycles. The fourth-order valence-electron chi connectivity index (χ4n) is 1.23. The molecule has 1 N–H and O–H groups in total. The van der Waals surface area contributed by atoms with E-state index in [1.807, 2.05) is 6.92 Å². The minimum absolute atomic E-state index is 0.132. The highest BCUT2D eigenvalue weighted by molar-refractivity contribution is 9.10. The molecule has 2 atom stereocenters. The molecule has 1 rings (SSSR count). The molecule has 1 aromatic rings. The second kappa shape index (κ2) is 5.53. The lowest BCUT2D eigenvalue weighted by atomic mass is 10.00. The third-order valence-corrected chi connectivity index (χ3v) is 2.63. The molecule has 0 saturated carbocycles. The summed E-state index contributed by atoms with van der Waals surface area (Å²) in [5.41, 5.74) is 0. The molecule has 0 aliphatic rings. The molecule has 0 fully saturated rings. The number of halogens is 1. The molecule has 0 amide bonds. The van der Waals surface area contributed by atoms with Crippen molar-refractivity contribution in [2.45, 2.75) is 19.4 Å². The van der Waals surface area contributed by atoms with Crippen molar-refractivity contribution in [1.82, 2.24) is 0 Å². The normalized spacial score (nSPS) is 15.4. The van der Waals surface area contributed by atoms with Crippen molar-refractivity contribution >= 4 is 15.9 Å². The summed E-state index contributed by atoms with van der Waals surface area (Å²) in [6.45, 7) is 2.63. The number of methoxy groups -OCH3 is 1. The van der Waals surface area contributed by atoms with E-state index in [4.69, 9.17) is 9.15 Å². The largest absolute Gasteiger partial charge is 0.452 e. The van der Waals surface area contributed by atoms with Gasteiger partial charge in [0, 0.05) is 13.7 Å². The van der Waals surface area contributed by atoms with Gasteiger partial charge in [0.2, 0.25) is 0 Å². The number of rotatable bonds is 5. The van der Waals surface area contributed by atoms with Crippen LogP contribution in [0.25, 0.3) is 0 Å². The number of aliphatic hydroxyl groups excluding tert-OH is 1. The summed E-state index contributed by atoms with van der Waals surface area (Å²) in [6.07, 6.45) is 0.257. The van der Waals surface area contributed by atoms with Crippen LogP contribution in [0, 0.1) is 5.92 Å². The zero-order chi connectivity index (χ0) is 10.6. The fourth-order valence-corrected chi connectivity index (χ4v) is 1.55. The lowest BCUT2D eigenvalue weighted by Crippen LogP contribution is -2.10. The first-order valence-corrected chi connectivity index (χ1v) is 5.36. The van der Waals surface area contributed by atoms with E-state index in [0.29, 0.717) is 17.0 Å². The van der Waals surface area contributed by atoms with Crippen molar-refractivity contribution in [3.8, 4) is 0 Å².